The molecule has 1 aromatic rings. The smallest absolute Gasteiger partial charge is 0.389 e. The Bertz CT molecular complexity index is 774. The first-order valence-corrected chi connectivity index (χ1v) is 10.6. The van der Waals surface area contributed by atoms with Crippen molar-refractivity contribution in [1.29, 1.82) is 0 Å². The molecule has 1 fully saturated rings. The van der Waals surface area contributed by atoms with Gasteiger partial charge in [0.2, 0.25) is 5.91 Å². The Morgan fingerprint density at radius 3 is 2.28 bits per heavy atom. The van der Waals surface area contributed by atoms with Crippen molar-refractivity contribution in [3.63, 3.8) is 0 Å². The fraction of sp³-hybridized carbons (Fsp3) is 0.545. The van der Waals surface area contributed by atoms with E-state index >= 15 is 0 Å². The SMILES string of the molecule is C#C.CCN(CCC(=O)N1CCC(O)(Cc2ccc(F)cc2)CC1)/N=C(\CCl)C(F)(F)F. The highest BCUT2D eigenvalue weighted by Crippen LogP contribution is 2.27. The van der Waals surface area contributed by atoms with E-state index in [-0.39, 0.29) is 31.2 Å². The number of likely N-dealkylation sites (tertiary alicyclic amines) is 1. The number of benzene rings is 1. The zero-order chi connectivity index (χ0) is 24.4. The van der Waals surface area contributed by atoms with Crippen LogP contribution in [-0.4, -0.2) is 70.5 Å². The van der Waals surface area contributed by atoms with E-state index in [0.29, 0.717) is 32.4 Å². The molecule has 0 saturated carbocycles. The number of terminal acetylenes is 1. The van der Waals surface area contributed by atoms with Gasteiger partial charge in [0, 0.05) is 39.0 Å². The minimum absolute atomic E-state index is 0.0150. The van der Waals surface area contributed by atoms with E-state index in [1.54, 1.807) is 24.0 Å². The minimum atomic E-state index is -4.61. The van der Waals surface area contributed by atoms with Gasteiger partial charge in [-0.05, 0) is 37.5 Å². The Labute approximate surface area is 191 Å². The molecular weight excluding hydrogens is 450 g/mol. The summed E-state index contributed by atoms with van der Waals surface area (Å²) >= 11 is 5.34. The number of hydrogen-bond acceptors (Lipinski definition) is 4. The minimum Gasteiger partial charge on any atom is -0.389 e. The first-order valence-electron chi connectivity index (χ1n) is 10.1. The monoisotopic (exact) mass is 477 g/mol. The average molecular weight is 478 g/mol. The largest absolute Gasteiger partial charge is 0.432 e. The van der Waals surface area contributed by atoms with E-state index in [1.165, 1.54) is 17.1 Å². The van der Waals surface area contributed by atoms with Crippen LogP contribution in [0.3, 0.4) is 0 Å². The zero-order valence-electron chi connectivity index (χ0n) is 17.9. The summed E-state index contributed by atoms with van der Waals surface area (Å²) in [6, 6.07) is 5.93. The van der Waals surface area contributed by atoms with Crippen LogP contribution >= 0.6 is 11.6 Å². The third kappa shape index (κ3) is 8.67. The second-order valence-corrected chi connectivity index (χ2v) is 7.65. The number of nitrogens with zero attached hydrogens (tertiary/aromatic N) is 3. The van der Waals surface area contributed by atoms with Crippen molar-refractivity contribution < 1.29 is 27.5 Å². The summed E-state index contributed by atoms with van der Waals surface area (Å²) in [7, 11) is 0. The molecule has 0 bridgehead atoms. The summed E-state index contributed by atoms with van der Waals surface area (Å²) in [5.74, 6) is -1.30. The van der Waals surface area contributed by atoms with Gasteiger partial charge in [-0.1, -0.05) is 12.1 Å². The number of rotatable bonds is 8. The van der Waals surface area contributed by atoms with Crippen LogP contribution in [0, 0.1) is 18.7 Å². The summed E-state index contributed by atoms with van der Waals surface area (Å²) in [5.41, 5.74) is -1.26. The fourth-order valence-electron chi connectivity index (χ4n) is 3.32. The molecule has 1 N–H and O–H groups in total. The molecule has 1 aromatic carbocycles. The van der Waals surface area contributed by atoms with Gasteiger partial charge in [-0.3, -0.25) is 9.80 Å². The molecule has 178 valence electrons. The molecule has 2 rings (SSSR count). The zero-order valence-corrected chi connectivity index (χ0v) is 18.7. The molecule has 0 unspecified atom stereocenters. The van der Waals surface area contributed by atoms with Gasteiger partial charge in [0.1, 0.15) is 5.82 Å². The highest BCUT2D eigenvalue weighted by Gasteiger charge is 2.36. The van der Waals surface area contributed by atoms with Crippen LogP contribution in [0.25, 0.3) is 0 Å². The maximum atomic E-state index is 13.0. The Morgan fingerprint density at radius 2 is 1.81 bits per heavy atom. The van der Waals surface area contributed by atoms with Gasteiger partial charge in [0.15, 0.2) is 5.71 Å². The van der Waals surface area contributed by atoms with E-state index in [2.05, 4.69) is 17.9 Å². The predicted molar refractivity (Wildman–Crippen MR) is 117 cm³/mol. The lowest BCUT2D eigenvalue weighted by Crippen LogP contribution is -2.48. The van der Waals surface area contributed by atoms with E-state index in [1.807, 2.05) is 0 Å². The van der Waals surface area contributed by atoms with E-state index in [0.717, 1.165) is 5.56 Å². The Balaban J connectivity index is 0.00000249. The van der Waals surface area contributed by atoms with Crippen molar-refractivity contribution in [2.24, 2.45) is 5.10 Å². The second-order valence-electron chi connectivity index (χ2n) is 7.38. The predicted octanol–water partition coefficient (Wildman–Crippen LogP) is 3.84. The van der Waals surface area contributed by atoms with Crippen molar-refractivity contribution in [3.05, 3.63) is 35.6 Å². The van der Waals surface area contributed by atoms with Gasteiger partial charge >= 0.3 is 6.18 Å². The number of hydrazone groups is 1. The van der Waals surface area contributed by atoms with Crippen molar-refractivity contribution >= 4 is 23.2 Å². The molecule has 0 aliphatic carbocycles. The number of carbonyl (C=O) groups excluding carboxylic acids is 1. The van der Waals surface area contributed by atoms with Crippen molar-refractivity contribution in [2.75, 3.05) is 32.1 Å². The van der Waals surface area contributed by atoms with Crippen LogP contribution in [0.2, 0.25) is 0 Å². The van der Waals surface area contributed by atoms with Crippen LogP contribution in [-0.2, 0) is 11.2 Å². The molecular formula is C22H28ClF4N3O2. The number of amides is 1. The summed E-state index contributed by atoms with van der Waals surface area (Å²) in [6.45, 7) is 2.60. The van der Waals surface area contributed by atoms with Crippen LogP contribution < -0.4 is 0 Å². The molecule has 0 spiro atoms. The molecule has 0 radical (unpaired) electrons. The van der Waals surface area contributed by atoms with Crippen molar-refractivity contribution in [3.8, 4) is 12.8 Å². The molecule has 1 amide bonds. The molecule has 1 aliphatic heterocycles. The highest BCUT2D eigenvalue weighted by atomic mass is 35.5. The van der Waals surface area contributed by atoms with Crippen molar-refractivity contribution in [2.45, 2.75) is 44.4 Å². The summed E-state index contributed by atoms with van der Waals surface area (Å²) < 4.78 is 51.4. The molecule has 0 aromatic heterocycles. The maximum Gasteiger partial charge on any atom is 0.432 e. The lowest BCUT2D eigenvalue weighted by atomic mass is 9.85. The third-order valence-corrected chi connectivity index (χ3v) is 5.41. The average Bonchev–Trinajstić information content (AvgIpc) is 2.76. The van der Waals surface area contributed by atoms with Gasteiger partial charge in [0.05, 0.1) is 11.5 Å². The molecule has 0 atom stereocenters. The van der Waals surface area contributed by atoms with Gasteiger partial charge in [-0.15, -0.1) is 24.4 Å². The van der Waals surface area contributed by atoms with Gasteiger partial charge < -0.3 is 10.0 Å². The highest BCUT2D eigenvalue weighted by molar-refractivity contribution is 6.29. The lowest BCUT2D eigenvalue weighted by Gasteiger charge is -2.38. The van der Waals surface area contributed by atoms with E-state index < -0.39 is 23.4 Å². The van der Waals surface area contributed by atoms with Crippen LogP contribution in [0.15, 0.2) is 29.4 Å². The normalized spacial score (nSPS) is 16.2. The Hall–Kier alpha value is -2.31. The van der Waals surface area contributed by atoms with E-state index in [9.17, 15) is 27.5 Å². The number of aliphatic hydroxyl groups is 1. The summed E-state index contributed by atoms with van der Waals surface area (Å²) in [5, 5.41) is 15.5. The number of hydrogen-bond donors (Lipinski definition) is 1. The maximum absolute atomic E-state index is 13.0. The van der Waals surface area contributed by atoms with Crippen LogP contribution in [0.1, 0.15) is 31.7 Å². The topological polar surface area (TPSA) is 56.1 Å². The van der Waals surface area contributed by atoms with Gasteiger partial charge in [0.25, 0.3) is 0 Å². The molecule has 1 heterocycles. The summed E-state index contributed by atoms with van der Waals surface area (Å²) in [6.07, 6.45) is 4.51. The van der Waals surface area contributed by atoms with E-state index in [4.69, 9.17) is 11.6 Å². The molecule has 1 saturated heterocycles. The van der Waals surface area contributed by atoms with Gasteiger partial charge in [-0.2, -0.15) is 18.3 Å². The quantitative estimate of drug-likeness (QED) is 0.203. The first-order chi connectivity index (χ1) is 15.1. The molecule has 32 heavy (non-hydrogen) atoms. The number of piperidine rings is 1. The molecule has 1 aliphatic rings. The standard InChI is InChI=1S/C20H26ClF4N3O2.C2H2/c1-2-28(26-17(14-21)20(23,24)25)10-7-18(29)27-11-8-19(30,9-12-27)13-15-3-5-16(22)6-4-15;1-2/h3-6,30H,2,7-14H2,1H3;1-2H/b26-17+;. The van der Waals surface area contributed by atoms with Crippen LogP contribution in [0.4, 0.5) is 17.6 Å². The fourth-order valence-corrected chi connectivity index (χ4v) is 3.53. The number of carbonyl (C=O) groups is 1. The Kier molecular flexibility index (Phi) is 11.0. The second kappa shape index (κ2) is 12.7. The molecule has 5 nitrogen and oxygen atoms in total. The third-order valence-electron chi connectivity index (χ3n) is 5.16. The van der Waals surface area contributed by atoms with Crippen molar-refractivity contribution in [1.82, 2.24) is 9.91 Å². The molecule has 10 heteroatoms. The lowest BCUT2D eigenvalue weighted by molar-refractivity contribution is -0.135. The summed E-state index contributed by atoms with van der Waals surface area (Å²) in [4.78, 5) is 14.1. The van der Waals surface area contributed by atoms with Crippen LogP contribution in [0.5, 0.6) is 0 Å². The number of alkyl halides is 4. The first kappa shape index (κ1) is 27.7. The number of halogens is 5. The van der Waals surface area contributed by atoms with Gasteiger partial charge in [-0.25, -0.2) is 4.39 Å². The Morgan fingerprint density at radius 1 is 1.25 bits per heavy atom.